The SMILES string of the molecule is C=C(Cc1ccccc1CC(=O)N1CCOCC1)NC(=O)c1cnn(C2CCC(F)(F)CC2)c1N. The molecule has 1 saturated heterocycles. The van der Waals surface area contributed by atoms with Crippen molar-refractivity contribution in [2.24, 2.45) is 0 Å². The molecule has 0 bridgehead atoms. The normalized spacial score (nSPS) is 18.3. The lowest BCUT2D eigenvalue weighted by atomic mass is 9.92. The van der Waals surface area contributed by atoms with Crippen LogP contribution in [0, 0.1) is 0 Å². The van der Waals surface area contributed by atoms with Crippen LogP contribution >= 0.6 is 0 Å². The predicted molar refractivity (Wildman–Crippen MR) is 127 cm³/mol. The number of hydrogen-bond acceptors (Lipinski definition) is 5. The van der Waals surface area contributed by atoms with Gasteiger partial charge in [0.25, 0.3) is 5.91 Å². The van der Waals surface area contributed by atoms with E-state index in [-0.39, 0.29) is 55.4 Å². The first-order chi connectivity index (χ1) is 16.7. The van der Waals surface area contributed by atoms with E-state index < -0.39 is 11.8 Å². The zero-order valence-electron chi connectivity index (χ0n) is 19.6. The predicted octanol–water partition coefficient (Wildman–Crippen LogP) is 3.10. The minimum atomic E-state index is -2.65. The molecule has 4 rings (SSSR count). The number of allylic oxidation sites excluding steroid dienone is 1. The molecule has 2 fully saturated rings. The lowest BCUT2D eigenvalue weighted by Crippen LogP contribution is -2.41. The molecule has 2 aromatic rings. The van der Waals surface area contributed by atoms with Gasteiger partial charge in [-0.25, -0.2) is 13.5 Å². The minimum Gasteiger partial charge on any atom is -0.383 e. The van der Waals surface area contributed by atoms with Gasteiger partial charge in [0.15, 0.2) is 0 Å². The number of morpholine rings is 1. The number of nitrogens with two attached hydrogens (primary N) is 1. The summed E-state index contributed by atoms with van der Waals surface area (Å²) in [5.74, 6) is -2.92. The topological polar surface area (TPSA) is 102 Å². The summed E-state index contributed by atoms with van der Waals surface area (Å²) in [6.07, 6.45) is 2.05. The number of carbonyl (C=O) groups is 2. The molecule has 2 aliphatic rings. The average Bonchev–Trinajstić information content (AvgIpc) is 3.22. The van der Waals surface area contributed by atoms with E-state index in [9.17, 15) is 18.4 Å². The third kappa shape index (κ3) is 6.05. The monoisotopic (exact) mass is 487 g/mol. The van der Waals surface area contributed by atoms with Gasteiger partial charge >= 0.3 is 0 Å². The highest BCUT2D eigenvalue weighted by Gasteiger charge is 2.36. The van der Waals surface area contributed by atoms with Gasteiger partial charge in [0, 0.05) is 38.0 Å². The van der Waals surface area contributed by atoms with Crippen LogP contribution in [0.25, 0.3) is 0 Å². The van der Waals surface area contributed by atoms with Crippen LogP contribution in [0.5, 0.6) is 0 Å². The third-order valence-corrected chi connectivity index (χ3v) is 6.63. The van der Waals surface area contributed by atoms with E-state index in [1.807, 2.05) is 24.3 Å². The molecule has 1 aliphatic heterocycles. The van der Waals surface area contributed by atoms with Gasteiger partial charge in [-0.1, -0.05) is 30.8 Å². The molecule has 35 heavy (non-hydrogen) atoms. The van der Waals surface area contributed by atoms with Crippen molar-refractivity contribution in [1.29, 1.82) is 0 Å². The second-order valence-corrected chi connectivity index (χ2v) is 9.15. The Labute approximate surface area is 203 Å². The maximum absolute atomic E-state index is 13.5. The van der Waals surface area contributed by atoms with E-state index in [4.69, 9.17) is 10.5 Å². The van der Waals surface area contributed by atoms with Crippen LogP contribution in [0.1, 0.15) is 53.2 Å². The molecular formula is C25H31F2N5O3. The van der Waals surface area contributed by atoms with Crippen LogP contribution in [0.3, 0.4) is 0 Å². The molecule has 1 aromatic carbocycles. The third-order valence-electron chi connectivity index (χ3n) is 6.63. The van der Waals surface area contributed by atoms with E-state index in [0.29, 0.717) is 38.4 Å². The van der Waals surface area contributed by atoms with Crippen LogP contribution in [0.15, 0.2) is 42.7 Å². The van der Waals surface area contributed by atoms with Crippen LogP contribution in [0.2, 0.25) is 0 Å². The molecule has 0 spiro atoms. The number of rotatable bonds is 7. The molecule has 0 radical (unpaired) electrons. The number of ether oxygens (including phenoxy) is 1. The van der Waals surface area contributed by atoms with Crippen LogP contribution < -0.4 is 11.1 Å². The molecule has 188 valence electrons. The lowest BCUT2D eigenvalue weighted by molar-refractivity contribution is -0.134. The summed E-state index contributed by atoms with van der Waals surface area (Å²) < 4.78 is 33.7. The van der Waals surface area contributed by atoms with E-state index in [2.05, 4.69) is 17.0 Å². The highest BCUT2D eigenvalue weighted by molar-refractivity contribution is 5.99. The highest BCUT2D eigenvalue weighted by Crippen LogP contribution is 2.39. The number of nitrogen functional groups attached to an aromatic ring is 1. The summed E-state index contributed by atoms with van der Waals surface area (Å²) in [4.78, 5) is 27.3. The highest BCUT2D eigenvalue weighted by atomic mass is 19.3. The van der Waals surface area contributed by atoms with Crippen LogP contribution in [-0.4, -0.2) is 58.7 Å². The summed E-state index contributed by atoms with van der Waals surface area (Å²) in [7, 11) is 0. The van der Waals surface area contributed by atoms with Gasteiger partial charge in [-0.15, -0.1) is 0 Å². The van der Waals surface area contributed by atoms with Crippen molar-refractivity contribution in [2.75, 3.05) is 32.0 Å². The first-order valence-corrected chi connectivity index (χ1v) is 11.9. The Hall–Kier alpha value is -3.27. The molecule has 2 heterocycles. The number of hydrogen-bond donors (Lipinski definition) is 2. The zero-order chi connectivity index (χ0) is 25.0. The Bertz CT molecular complexity index is 1080. The zero-order valence-corrected chi connectivity index (χ0v) is 19.6. The Morgan fingerprint density at radius 1 is 1.14 bits per heavy atom. The Balaban J connectivity index is 1.37. The molecule has 1 aromatic heterocycles. The van der Waals surface area contributed by atoms with Crippen molar-refractivity contribution in [3.8, 4) is 0 Å². The summed E-state index contributed by atoms with van der Waals surface area (Å²) in [5.41, 5.74) is 8.55. The lowest BCUT2D eigenvalue weighted by Gasteiger charge is -2.28. The van der Waals surface area contributed by atoms with Gasteiger partial charge in [0.2, 0.25) is 11.8 Å². The molecule has 0 atom stereocenters. The second-order valence-electron chi connectivity index (χ2n) is 9.15. The number of amides is 2. The quantitative estimate of drug-likeness (QED) is 0.625. The van der Waals surface area contributed by atoms with E-state index >= 15 is 0 Å². The number of anilines is 1. The number of aromatic nitrogens is 2. The second kappa shape index (κ2) is 10.6. The average molecular weight is 488 g/mol. The van der Waals surface area contributed by atoms with Crippen molar-refractivity contribution in [3.63, 3.8) is 0 Å². The van der Waals surface area contributed by atoms with Gasteiger partial charge in [-0.3, -0.25) is 9.59 Å². The van der Waals surface area contributed by atoms with Crippen LogP contribution in [-0.2, 0) is 22.4 Å². The molecule has 0 unspecified atom stereocenters. The Morgan fingerprint density at radius 2 is 1.77 bits per heavy atom. The number of nitrogens with one attached hydrogen (secondary N) is 1. The molecular weight excluding hydrogens is 456 g/mol. The molecule has 2 amide bonds. The molecule has 1 saturated carbocycles. The van der Waals surface area contributed by atoms with E-state index in [1.165, 1.54) is 10.9 Å². The molecule has 10 heteroatoms. The maximum Gasteiger partial charge on any atom is 0.260 e. The first-order valence-electron chi connectivity index (χ1n) is 11.9. The standard InChI is InChI=1S/C25H31F2N5O3/c1-17(14-18-4-2-3-5-19(18)15-22(33)31-10-12-35-13-11-31)30-24(34)21-16-29-32(23(21)28)20-6-8-25(26,27)9-7-20/h2-5,16,20H,1,6-15,28H2,(H,30,34). The molecule has 1 aliphatic carbocycles. The van der Waals surface area contributed by atoms with Gasteiger partial charge in [0.05, 0.1) is 31.9 Å². The number of carbonyl (C=O) groups excluding carboxylic acids is 2. The summed E-state index contributed by atoms with van der Waals surface area (Å²) in [6, 6.07) is 7.31. The molecule has 3 N–H and O–H groups in total. The minimum absolute atomic E-state index is 0.0380. The van der Waals surface area contributed by atoms with Crippen molar-refractivity contribution in [2.45, 2.75) is 50.5 Å². The van der Waals surface area contributed by atoms with Gasteiger partial charge in [-0.2, -0.15) is 5.10 Å². The fraction of sp³-hybridized carbons (Fsp3) is 0.480. The largest absolute Gasteiger partial charge is 0.383 e. The fourth-order valence-corrected chi connectivity index (χ4v) is 4.60. The van der Waals surface area contributed by atoms with Crippen molar-refractivity contribution in [3.05, 3.63) is 59.4 Å². The summed E-state index contributed by atoms with van der Waals surface area (Å²) >= 11 is 0. The number of benzene rings is 1. The summed E-state index contributed by atoms with van der Waals surface area (Å²) in [5, 5.41) is 6.96. The van der Waals surface area contributed by atoms with E-state index in [0.717, 1.165) is 11.1 Å². The van der Waals surface area contributed by atoms with Crippen molar-refractivity contribution >= 4 is 17.6 Å². The smallest absolute Gasteiger partial charge is 0.260 e. The van der Waals surface area contributed by atoms with Gasteiger partial charge in [-0.05, 0) is 24.0 Å². The number of halogens is 2. The van der Waals surface area contributed by atoms with Crippen molar-refractivity contribution < 1.29 is 23.1 Å². The van der Waals surface area contributed by atoms with Gasteiger partial charge < -0.3 is 20.7 Å². The molecule has 8 nitrogen and oxygen atoms in total. The Kier molecular flexibility index (Phi) is 7.49. The maximum atomic E-state index is 13.5. The van der Waals surface area contributed by atoms with Crippen molar-refractivity contribution in [1.82, 2.24) is 20.0 Å². The number of alkyl halides is 2. The first kappa shape index (κ1) is 24.8. The fourth-order valence-electron chi connectivity index (χ4n) is 4.60. The van der Waals surface area contributed by atoms with E-state index in [1.54, 1.807) is 4.90 Å². The summed E-state index contributed by atoms with van der Waals surface area (Å²) in [6.45, 7) is 6.23. The van der Waals surface area contributed by atoms with Gasteiger partial charge in [0.1, 0.15) is 11.4 Å². The number of nitrogens with zero attached hydrogens (tertiary/aromatic N) is 3. The van der Waals surface area contributed by atoms with Crippen LogP contribution in [0.4, 0.5) is 14.6 Å². The Morgan fingerprint density at radius 3 is 2.43 bits per heavy atom.